The Labute approximate surface area is 121 Å². The number of likely N-dealkylation sites (tertiary alicyclic amines) is 1. The molecule has 112 valence electrons. The van der Waals surface area contributed by atoms with Gasteiger partial charge in [0.2, 0.25) is 12.1 Å². The minimum absolute atomic E-state index is 0.452. The molecule has 0 spiro atoms. The minimum atomic E-state index is -0.816. The number of imidazole rings is 1. The first-order chi connectivity index (χ1) is 10.1. The lowest BCUT2D eigenvalue weighted by atomic mass is 9.94. The van der Waals surface area contributed by atoms with E-state index >= 15 is 0 Å². The van der Waals surface area contributed by atoms with Crippen molar-refractivity contribution < 1.29 is 14.5 Å². The number of fused-ring (bicyclic) bond motifs is 1. The molecule has 0 atom stereocenters. The van der Waals surface area contributed by atoms with E-state index in [1.807, 2.05) is 4.57 Å². The molecule has 1 aliphatic rings. The van der Waals surface area contributed by atoms with Crippen molar-refractivity contribution >= 4 is 23.1 Å². The molecule has 2 aromatic rings. The highest BCUT2D eigenvalue weighted by molar-refractivity contribution is 5.78. The summed E-state index contributed by atoms with van der Waals surface area (Å²) in [6.07, 6.45) is 5.34. The van der Waals surface area contributed by atoms with Crippen LogP contribution < -0.4 is 10.3 Å². The van der Waals surface area contributed by atoms with Gasteiger partial charge in [0.15, 0.2) is 11.8 Å². The van der Waals surface area contributed by atoms with Crippen LogP contribution in [0.4, 0.5) is 10.6 Å². The molecule has 0 saturated carbocycles. The SMILES string of the molecule is Nc1nc[n+](CCC2CCN(C(=O)O)CC2)c2nc[nH]c12. The maximum Gasteiger partial charge on any atom is 0.407 e. The zero-order valence-corrected chi connectivity index (χ0v) is 11.7. The number of H-pyrrole nitrogens is 1. The number of hydrogen-bond acceptors (Lipinski definition) is 4. The molecular weight excluding hydrogens is 272 g/mol. The van der Waals surface area contributed by atoms with Crippen molar-refractivity contribution in [2.75, 3.05) is 18.8 Å². The van der Waals surface area contributed by atoms with Crippen LogP contribution in [-0.2, 0) is 6.54 Å². The number of rotatable bonds is 3. The number of anilines is 1. The predicted molar refractivity (Wildman–Crippen MR) is 75.4 cm³/mol. The van der Waals surface area contributed by atoms with Gasteiger partial charge >= 0.3 is 6.09 Å². The maximum absolute atomic E-state index is 10.9. The number of amides is 1. The average molecular weight is 291 g/mol. The number of carboxylic acid groups (broad SMARTS) is 1. The third kappa shape index (κ3) is 2.74. The molecule has 0 aromatic carbocycles. The molecule has 1 saturated heterocycles. The fourth-order valence-corrected chi connectivity index (χ4v) is 2.84. The number of nitrogens with one attached hydrogen (secondary N) is 1. The molecule has 1 fully saturated rings. The number of nitrogen functional groups attached to an aromatic ring is 1. The highest BCUT2D eigenvalue weighted by atomic mass is 16.4. The molecular formula is C13H19N6O2+. The third-order valence-electron chi connectivity index (χ3n) is 4.15. The number of aromatic amines is 1. The van der Waals surface area contributed by atoms with Crippen molar-refractivity contribution in [1.82, 2.24) is 19.9 Å². The first-order valence-corrected chi connectivity index (χ1v) is 7.10. The molecule has 8 nitrogen and oxygen atoms in total. The maximum atomic E-state index is 10.9. The van der Waals surface area contributed by atoms with Crippen molar-refractivity contribution in [2.45, 2.75) is 25.8 Å². The summed E-state index contributed by atoms with van der Waals surface area (Å²) < 4.78 is 1.99. The largest absolute Gasteiger partial charge is 0.465 e. The van der Waals surface area contributed by atoms with Crippen LogP contribution in [0.5, 0.6) is 0 Å². The zero-order chi connectivity index (χ0) is 14.8. The zero-order valence-electron chi connectivity index (χ0n) is 11.7. The van der Waals surface area contributed by atoms with Crippen LogP contribution >= 0.6 is 0 Å². The van der Waals surface area contributed by atoms with E-state index in [0.29, 0.717) is 24.8 Å². The Hall–Kier alpha value is -2.38. The second-order valence-corrected chi connectivity index (χ2v) is 5.43. The van der Waals surface area contributed by atoms with Crippen molar-refractivity contribution in [3.8, 4) is 0 Å². The molecule has 8 heteroatoms. The summed E-state index contributed by atoms with van der Waals surface area (Å²) in [5.41, 5.74) is 7.37. The van der Waals surface area contributed by atoms with Crippen molar-refractivity contribution in [3.63, 3.8) is 0 Å². The Morgan fingerprint density at radius 1 is 1.48 bits per heavy atom. The quantitative estimate of drug-likeness (QED) is 0.717. The van der Waals surface area contributed by atoms with Gasteiger partial charge in [-0.25, -0.2) is 9.36 Å². The second kappa shape index (κ2) is 5.55. The Morgan fingerprint density at radius 2 is 2.24 bits per heavy atom. The summed E-state index contributed by atoms with van der Waals surface area (Å²) in [6.45, 7) is 2.07. The number of nitrogens with zero attached hydrogens (tertiary/aromatic N) is 4. The topological polar surface area (TPSA) is 112 Å². The van der Waals surface area contributed by atoms with Crippen LogP contribution in [0.3, 0.4) is 0 Å². The number of hydrogen-bond donors (Lipinski definition) is 3. The molecule has 0 unspecified atom stereocenters. The van der Waals surface area contributed by atoms with E-state index in [9.17, 15) is 4.79 Å². The van der Waals surface area contributed by atoms with Gasteiger partial charge in [0.05, 0.1) is 6.54 Å². The van der Waals surface area contributed by atoms with Crippen molar-refractivity contribution in [3.05, 3.63) is 12.7 Å². The molecule has 0 radical (unpaired) electrons. The van der Waals surface area contributed by atoms with Gasteiger partial charge in [-0.15, -0.1) is 0 Å². The number of nitrogens with two attached hydrogens (primary N) is 1. The first kappa shape index (κ1) is 13.6. The fourth-order valence-electron chi connectivity index (χ4n) is 2.84. The van der Waals surface area contributed by atoms with Gasteiger partial charge in [-0.05, 0) is 25.2 Å². The van der Waals surface area contributed by atoms with Crippen LogP contribution in [0.1, 0.15) is 19.3 Å². The first-order valence-electron chi connectivity index (χ1n) is 7.10. The molecule has 3 heterocycles. The van der Waals surface area contributed by atoms with E-state index in [4.69, 9.17) is 10.8 Å². The van der Waals surface area contributed by atoms with E-state index in [0.717, 1.165) is 37.0 Å². The van der Waals surface area contributed by atoms with Crippen LogP contribution in [0.15, 0.2) is 12.7 Å². The molecule has 1 aliphatic heterocycles. The van der Waals surface area contributed by atoms with Gasteiger partial charge in [0.25, 0.3) is 5.65 Å². The van der Waals surface area contributed by atoms with Crippen molar-refractivity contribution in [2.24, 2.45) is 5.92 Å². The summed E-state index contributed by atoms with van der Waals surface area (Å²) >= 11 is 0. The van der Waals surface area contributed by atoms with Gasteiger partial charge in [0.1, 0.15) is 0 Å². The number of carbonyl (C=O) groups is 1. The molecule has 0 aliphatic carbocycles. The van der Waals surface area contributed by atoms with Crippen LogP contribution in [0.25, 0.3) is 11.2 Å². The molecule has 0 bridgehead atoms. The van der Waals surface area contributed by atoms with Crippen LogP contribution in [0.2, 0.25) is 0 Å². The van der Waals surface area contributed by atoms with E-state index < -0.39 is 6.09 Å². The van der Waals surface area contributed by atoms with Gasteiger partial charge in [-0.1, -0.05) is 9.97 Å². The van der Waals surface area contributed by atoms with E-state index in [1.54, 1.807) is 12.7 Å². The van der Waals surface area contributed by atoms with Gasteiger partial charge in [0, 0.05) is 13.1 Å². The lowest BCUT2D eigenvalue weighted by molar-refractivity contribution is -0.677. The Kier molecular flexibility index (Phi) is 3.59. The summed E-state index contributed by atoms with van der Waals surface area (Å²) in [7, 11) is 0. The van der Waals surface area contributed by atoms with Gasteiger partial charge in [-0.3, -0.25) is 0 Å². The van der Waals surface area contributed by atoms with Crippen molar-refractivity contribution in [1.29, 1.82) is 0 Å². The summed E-state index contributed by atoms with van der Waals surface area (Å²) in [5, 5.41) is 8.94. The van der Waals surface area contributed by atoms with E-state index in [2.05, 4.69) is 15.0 Å². The highest BCUT2D eigenvalue weighted by Gasteiger charge is 2.23. The Balaban J connectivity index is 1.61. The van der Waals surface area contributed by atoms with E-state index in [1.165, 1.54) is 4.90 Å². The number of aromatic nitrogens is 4. The average Bonchev–Trinajstić information content (AvgIpc) is 2.97. The lowest BCUT2D eigenvalue weighted by Gasteiger charge is -2.29. The van der Waals surface area contributed by atoms with Crippen LogP contribution in [-0.4, -0.2) is 44.1 Å². The molecule has 3 rings (SSSR count). The predicted octanol–water partition coefficient (Wildman–Crippen LogP) is 0.608. The Morgan fingerprint density at radius 3 is 2.95 bits per heavy atom. The minimum Gasteiger partial charge on any atom is -0.465 e. The van der Waals surface area contributed by atoms with Crippen LogP contribution in [0, 0.1) is 5.92 Å². The standard InChI is InChI=1S/C13H18N6O2/c14-11-10-12(16-7-15-10)19(8-17-11)6-3-9-1-4-18(5-2-9)13(20)21/h7-9H,1-6H2,(H3,14,15,16,20,21)/p+1. The fraction of sp³-hybridized carbons (Fsp3) is 0.538. The number of aryl methyl sites for hydroxylation is 1. The smallest absolute Gasteiger partial charge is 0.407 e. The third-order valence-corrected chi connectivity index (χ3v) is 4.15. The highest BCUT2D eigenvalue weighted by Crippen LogP contribution is 2.20. The Bertz CT molecular complexity index is 647. The normalized spacial score (nSPS) is 16.5. The van der Waals surface area contributed by atoms with E-state index in [-0.39, 0.29) is 0 Å². The molecule has 4 N–H and O–H groups in total. The summed E-state index contributed by atoms with van der Waals surface area (Å²) in [4.78, 5) is 23.8. The lowest BCUT2D eigenvalue weighted by Crippen LogP contribution is -2.40. The monoisotopic (exact) mass is 291 g/mol. The summed E-state index contributed by atoms with van der Waals surface area (Å²) in [6, 6.07) is 0. The van der Waals surface area contributed by atoms with Gasteiger partial charge in [-0.2, -0.15) is 0 Å². The molecule has 21 heavy (non-hydrogen) atoms. The molecule has 1 amide bonds. The molecule has 2 aromatic heterocycles. The number of piperidine rings is 1. The second-order valence-electron chi connectivity index (χ2n) is 5.43. The summed E-state index contributed by atoms with van der Waals surface area (Å²) in [5.74, 6) is 0.994. The van der Waals surface area contributed by atoms with Gasteiger partial charge < -0.3 is 20.7 Å².